The molecule has 6 nitrogen and oxygen atoms in total. The first-order valence-corrected chi connectivity index (χ1v) is 3.43. The molecule has 0 atom stereocenters. The fourth-order valence-electron chi connectivity index (χ4n) is 0.494. The molecule has 0 aliphatic heterocycles. The van der Waals surface area contributed by atoms with E-state index in [0.717, 1.165) is 0 Å². The minimum atomic E-state index is -1.10. The molecule has 0 aromatic rings. The second-order valence-corrected chi connectivity index (χ2v) is 2.03. The summed E-state index contributed by atoms with van der Waals surface area (Å²) >= 11 is 0. The van der Waals surface area contributed by atoms with Crippen molar-refractivity contribution >= 4 is 11.9 Å². The molecule has 4 N–H and O–H groups in total. The van der Waals surface area contributed by atoms with E-state index in [1.807, 2.05) is 0 Å². The van der Waals surface area contributed by atoms with Crippen LogP contribution in [0.4, 0.5) is 0 Å². The van der Waals surface area contributed by atoms with Gasteiger partial charge in [0.15, 0.2) is 0 Å². The summed E-state index contributed by atoms with van der Waals surface area (Å²) in [7, 11) is 0. The van der Waals surface area contributed by atoms with Crippen molar-refractivity contribution in [2.75, 3.05) is 26.3 Å². The van der Waals surface area contributed by atoms with Gasteiger partial charge in [-0.3, -0.25) is 4.79 Å². The van der Waals surface area contributed by atoms with E-state index in [0.29, 0.717) is 13.1 Å². The molecule has 0 aliphatic rings. The molecule has 0 rings (SSSR count). The fraction of sp³-hybridized carbons (Fsp3) is 0.667. The number of hydrogen-bond acceptors (Lipinski definition) is 4. The van der Waals surface area contributed by atoms with E-state index in [9.17, 15) is 9.59 Å². The first-order valence-electron chi connectivity index (χ1n) is 3.43. The Bertz CT molecular complexity index is 160. The lowest BCUT2D eigenvalue weighted by atomic mass is 10.5. The van der Waals surface area contributed by atoms with Crippen LogP contribution in [0.15, 0.2) is 0 Å². The second kappa shape index (κ2) is 6.56. The maximum absolute atomic E-state index is 10.7. The van der Waals surface area contributed by atoms with Crippen LogP contribution in [0.1, 0.15) is 0 Å². The molecule has 0 unspecified atom stereocenters. The molecule has 0 aliphatic carbocycles. The highest BCUT2D eigenvalue weighted by Gasteiger charge is 2.01. The zero-order chi connectivity index (χ0) is 9.40. The molecule has 0 bridgehead atoms. The van der Waals surface area contributed by atoms with Gasteiger partial charge in [-0.05, 0) is 0 Å². The van der Waals surface area contributed by atoms with Gasteiger partial charge in [-0.1, -0.05) is 0 Å². The number of hydrogen-bond donors (Lipinski definition) is 3. The summed E-state index contributed by atoms with van der Waals surface area (Å²) in [4.78, 5) is 20.6. The van der Waals surface area contributed by atoms with Crippen molar-refractivity contribution in [3.05, 3.63) is 0 Å². The minimum Gasteiger partial charge on any atom is -0.480 e. The van der Waals surface area contributed by atoms with Gasteiger partial charge in [0.05, 0.1) is 0 Å². The van der Waals surface area contributed by atoms with Gasteiger partial charge in [0.1, 0.15) is 13.2 Å². The summed E-state index contributed by atoms with van der Waals surface area (Å²) in [6, 6.07) is 0. The van der Waals surface area contributed by atoms with Crippen molar-refractivity contribution in [3.63, 3.8) is 0 Å². The molecule has 12 heavy (non-hydrogen) atoms. The molecule has 0 aromatic heterocycles. The van der Waals surface area contributed by atoms with E-state index in [1.54, 1.807) is 0 Å². The molecule has 0 spiro atoms. The monoisotopic (exact) mass is 176 g/mol. The standard InChI is InChI=1S/C6H12N2O4/c7-1-2-8-5(9)3-12-4-6(10)11/h1-4,7H2,(H,8,9)(H,10,11). The molecule has 0 saturated heterocycles. The Labute approximate surface area is 69.7 Å². The third kappa shape index (κ3) is 6.97. The van der Waals surface area contributed by atoms with Gasteiger partial charge in [0.2, 0.25) is 5.91 Å². The summed E-state index contributed by atoms with van der Waals surface area (Å²) in [6.45, 7) is 0.0162. The zero-order valence-electron chi connectivity index (χ0n) is 6.58. The summed E-state index contributed by atoms with van der Waals surface area (Å²) in [5.41, 5.74) is 5.10. The Morgan fingerprint density at radius 2 is 2.08 bits per heavy atom. The smallest absolute Gasteiger partial charge is 0.329 e. The van der Waals surface area contributed by atoms with Crippen LogP contribution < -0.4 is 11.1 Å². The molecule has 70 valence electrons. The Morgan fingerprint density at radius 1 is 1.42 bits per heavy atom. The maximum Gasteiger partial charge on any atom is 0.329 e. The Kier molecular flexibility index (Phi) is 5.94. The first kappa shape index (κ1) is 10.9. The van der Waals surface area contributed by atoms with E-state index < -0.39 is 12.6 Å². The molecule has 1 amide bonds. The third-order valence-electron chi connectivity index (χ3n) is 0.925. The third-order valence-corrected chi connectivity index (χ3v) is 0.925. The molecule has 0 radical (unpaired) electrons. The van der Waals surface area contributed by atoms with Gasteiger partial charge in [0, 0.05) is 13.1 Å². The molecule has 0 fully saturated rings. The van der Waals surface area contributed by atoms with Crippen molar-refractivity contribution in [2.24, 2.45) is 5.73 Å². The summed E-state index contributed by atoms with van der Waals surface area (Å²) < 4.78 is 4.50. The lowest BCUT2D eigenvalue weighted by Gasteiger charge is -2.02. The van der Waals surface area contributed by atoms with Crippen LogP contribution in [-0.2, 0) is 14.3 Å². The van der Waals surface area contributed by atoms with Crippen molar-refractivity contribution in [3.8, 4) is 0 Å². The fourth-order valence-corrected chi connectivity index (χ4v) is 0.494. The van der Waals surface area contributed by atoms with Gasteiger partial charge in [-0.2, -0.15) is 0 Å². The van der Waals surface area contributed by atoms with Crippen molar-refractivity contribution in [1.82, 2.24) is 5.32 Å². The first-order chi connectivity index (χ1) is 5.66. The SMILES string of the molecule is NCCNC(=O)COCC(=O)O. The highest BCUT2D eigenvalue weighted by Crippen LogP contribution is 1.74. The van der Waals surface area contributed by atoms with Crippen molar-refractivity contribution in [1.29, 1.82) is 0 Å². The number of amides is 1. The Morgan fingerprint density at radius 3 is 2.58 bits per heavy atom. The van der Waals surface area contributed by atoms with E-state index in [1.165, 1.54) is 0 Å². The van der Waals surface area contributed by atoms with Crippen molar-refractivity contribution in [2.45, 2.75) is 0 Å². The molecular weight excluding hydrogens is 164 g/mol. The Balaban J connectivity index is 3.25. The number of carbonyl (C=O) groups excluding carboxylic acids is 1. The summed E-state index contributed by atoms with van der Waals surface area (Å²) in [5, 5.41) is 10.5. The van der Waals surface area contributed by atoms with Crippen LogP contribution >= 0.6 is 0 Å². The van der Waals surface area contributed by atoms with E-state index in [2.05, 4.69) is 10.1 Å². The van der Waals surface area contributed by atoms with Gasteiger partial charge in [0.25, 0.3) is 0 Å². The predicted molar refractivity (Wildman–Crippen MR) is 40.5 cm³/mol. The number of nitrogens with one attached hydrogen (secondary N) is 1. The normalized spacial score (nSPS) is 9.42. The van der Waals surface area contributed by atoms with E-state index >= 15 is 0 Å². The van der Waals surface area contributed by atoms with Gasteiger partial charge >= 0.3 is 5.97 Å². The molecular formula is C6H12N2O4. The average molecular weight is 176 g/mol. The maximum atomic E-state index is 10.7. The van der Waals surface area contributed by atoms with Gasteiger partial charge in [-0.15, -0.1) is 0 Å². The molecule has 0 heterocycles. The molecule has 0 saturated carbocycles. The van der Waals surface area contributed by atoms with Crippen LogP contribution in [0.3, 0.4) is 0 Å². The van der Waals surface area contributed by atoms with Gasteiger partial charge in [-0.25, -0.2) is 4.79 Å². The van der Waals surface area contributed by atoms with Crippen LogP contribution in [0.5, 0.6) is 0 Å². The second-order valence-electron chi connectivity index (χ2n) is 2.03. The van der Waals surface area contributed by atoms with Crippen LogP contribution in [0.2, 0.25) is 0 Å². The Hall–Kier alpha value is -1.14. The molecule has 0 aromatic carbocycles. The zero-order valence-corrected chi connectivity index (χ0v) is 6.58. The number of carboxylic acid groups (broad SMARTS) is 1. The lowest BCUT2D eigenvalue weighted by molar-refractivity contribution is -0.143. The highest BCUT2D eigenvalue weighted by molar-refractivity contribution is 5.77. The quantitative estimate of drug-likeness (QED) is 0.441. The largest absolute Gasteiger partial charge is 0.480 e. The number of nitrogens with two attached hydrogens (primary N) is 1. The number of aliphatic carboxylic acids is 1. The predicted octanol–water partition coefficient (Wildman–Crippen LogP) is -1.84. The average Bonchev–Trinajstić information content (AvgIpc) is 2.00. The highest BCUT2D eigenvalue weighted by atomic mass is 16.5. The molecule has 6 heteroatoms. The van der Waals surface area contributed by atoms with Crippen molar-refractivity contribution < 1.29 is 19.4 Å². The van der Waals surface area contributed by atoms with Crippen LogP contribution in [0, 0.1) is 0 Å². The number of rotatable bonds is 6. The van der Waals surface area contributed by atoms with Crippen LogP contribution in [0.25, 0.3) is 0 Å². The van der Waals surface area contributed by atoms with Crippen LogP contribution in [-0.4, -0.2) is 43.3 Å². The summed E-state index contributed by atoms with van der Waals surface area (Å²) in [5.74, 6) is -1.46. The topological polar surface area (TPSA) is 102 Å². The van der Waals surface area contributed by atoms with Gasteiger partial charge < -0.3 is 20.9 Å². The minimum absolute atomic E-state index is 0.244. The number of carbonyl (C=O) groups is 2. The number of ether oxygens (including phenoxy) is 1. The van der Waals surface area contributed by atoms with E-state index in [-0.39, 0.29) is 12.5 Å². The van der Waals surface area contributed by atoms with E-state index in [4.69, 9.17) is 10.8 Å². The lowest BCUT2D eigenvalue weighted by Crippen LogP contribution is -2.32. The number of carboxylic acids is 1. The summed E-state index contributed by atoms with van der Waals surface area (Å²) in [6.07, 6.45) is 0.